The number of pyridine rings is 1. The summed E-state index contributed by atoms with van der Waals surface area (Å²) >= 11 is 0. The van der Waals surface area contributed by atoms with Crippen LogP contribution < -0.4 is 5.32 Å². The SMILES string of the molecule is CNc1c(C#N)cnc2c(C)ccc(F)c12. The molecule has 2 aromatic rings. The average molecular weight is 215 g/mol. The van der Waals surface area contributed by atoms with Gasteiger partial charge in [0.25, 0.3) is 0 Å². The molecule has 0 saturated heterocycles. The number of rotatable bonds is 1. The van der Waals surface area contributed by atoms with Crippen LogP contribution in [0, 0.1) is 24.1 Å². The van der Waals surface area contributed by atoms with Gasteiger partial charge in [0.1, 0.15) is 11.9 Å². The van der Waals surface area contributed by atoms with Crippen LogP contribution in [0.25, 0.3) is 10.9 Å². The number of nitriles is 1. The molecule has 0 radical (unpaired) electrons. The molecular weight excluding hydrogens is 205 g/mol. The summed E-state index contributed by atoms with van der Waals surface area (Å²) in [5, 5.41) is 12.1. The van der Waals surface area contributed by atoms with Gasteiger partial charge in [0, 0.05) is 13.2 Å². The van der Waals surface area contributed by atoms with E-state index in [9.17, 15) is 4.39 Å². The predicted molar refractivity (Wildman–Crippen MR) is 60.7 cm³/mol. The highest BCUT2D eigenvalue weighted by atomic mass is 19.1. The van der Waals surface area contributed by atoms with E-state index in [0.717, 1.165) is 5.56 Å². The highest BCUT2D eigenvalue weighted by Crippen LogP contribution is 2.29. The standard InChI is InChI=1S/C12H10FN3/c1-7-3-4-9(13)10-11(7)16-6-8(5-14)12(10)15-2/h3-4,6H,1-2H3,(H,15,16). The Morgan fingerprint density at radius 3 is 2.81 bits per heavy atom. The summed E-state index contributed by atoms with van der Waals surface area (Å²) in [7, 11) is 1.66. The number of anilines is 1. The van der Waals surface area contributed by atoms with Crippen molar-refractivity contribution in [3.8, 4) is 6.07 Å². The molecule has 0 aliphatic carbocycles. The van der Waals surface area contributed by atoms with Gasteiger partial charge in [-0.1, -0.05) is 6.07 Å². The van der Waals surface area contributed by atoms with Gasteiger partial charge in [-0.15, -0.1) is 0 Å². The van der Waals surface area contributed by atoms with Crippen molar-refractivity contribution < 1.29 is 4.39 Å². The molecule has 0 aliphatic rings. The van der Waals surface area contributed by atoms with E-state index in [2.05, 4.69) is 10.3 Å². The molecule has 0 bridgehead atoms. The van der Waals surface area contributed by atoms with Gasteiger partial charge >= 0.3 is 0 Å². The number of fused-ring (bicyclic) bond motifs is 1. The Labute approximate surface area is 92.5 Å². The van der Waals surface area contributed by atoms with Gasteiger partial charge in [-0.2, -0.15) is 5.26 Å². The summed E-state index contributed by atoms with van der Waals surface area (Å²) in [6, 6.07) is 5.06. The highest BCUT2D eigenvalue weighted by Gasteiger charge is 2.12. The van der Waals surface area contributed by atoms with E-state index >= 15 is 0 Å². The largest absolute Gasteiger partial charge is 0.386 e. The number of benzene rings is 1. The molecule has 1 heterocycles. The van der Waals surface area contributed by atoms with Crippen molar-refractivity contribution in [2.45, 2.75) is 6.92 Å². The van der Waals surface area contributed by atoms with Crippen LogP contribution in [0.1, 0.15) is 11.1 Å². The molecular formula is C12H10FN3. The molecule has 2 rings (SSSR count). The second kappa shape index (κ2) is 3.78. The lowest BCUT2D eigenvalue weighted by atomic mass is 10.1. The minimum absolute atomic E-state index is 0.347. The minimum atomic E-state index is -0.366. The van der Waals surface area contributed by atoms with Crippen molar-refractivity contribution in [1.82, 2.24) is 4.98 Å². The molecule has 16 heavy (non-hydrogen) atoms. The van der Waals surface area contributed by atoms with Crippen LogP contribution in [0.3, 0.4) is 0 Å². The van der Waals surface area contributed by atoms with E-state index in [-0.39, 0.29) is 5.82 Å². The van der Waals surface area contributed by atoms with Crippen LogP contribution in [-0.2, 0) is 0 Å². The Bertz CT molecular complexity index is 599. The molecule has 80 valence electrons. The summed E-state index contributed by atoms with van der Waals surface area (Å²) < 4.78 is 13.7. The maximum atomic E-state index is 13.7. The van der Waals surface area contributed by atoms with Gasteiger partial charge in [-0.25, -0.2) is 4.39 Å². The third-order valence-electron chi connectivity index (χ3n) is 2.54. The molecule has 1 N–H and O–H groups in total. The molecule has 0 amide bonds. The van der Waals surface area contributed by atoms with E-state index < -0.39 is 0 Å². The molecule has 4 heteroatoms. The van der Waals surface area contributed by atoms with E-state index in [1.165, 1.54) is 12.3 Å². The van der Waals surface area contributed by atoms with E-state index in [0.29, 0.717) is 22.2 Å². The average Bonchev–Trinajstić information content (AvgIpc) is 2.32. The van der Waals surface area contributed by atoms with Gasteiger partial charge in [-0.3, -0.25) is 4.98 Å². The Hall–Kier alpha value is -2.15. The number of hydrogen-bond acceptors (Lipinski definition) is 3. The Kier molecular flexibility index (Phi) is 2.45. The molecule has 0 spiro atoms. The topological polar surface area (TPSA) is 48.7 Å². The Balaban J connectivity index is 2.98. The van der Waals surface area contributed by atoms with Gasteiger partial charge < -0.3 is 5.32 Å². The summed E-state index contributed by atoms with van der Waals surface area (Å²) in [6.45, 7) is 1.86. The van der Waals surface area contributed by atoms with Crippen molar-refractivity contribution >= 4 is 16.6 Å². The monoisotopic (exact) mass is 215 g/mol. The van der Waals surface area contributed by atoms with Crippen LogP contribution in [0.5, 0.6) is 0 Å². The van der Waals surface area contributed by atoms with Gasteiger partial charge in [0.05, 0.1) is 22.2 Å². The number of aryl methyl sites for hydroxylation is 1. The fraction of sp³-hybridized carbons (Fsp3) is 0.167. The highest BCUT2D eigenvalue weighted by molar-refractivity contribution is 5.95. The summed E-state index contributed by atoms with van der Waals surface area (Å²) in [6.07, 6.45) is 1.46. The van der Waals surface area contributed by atoms with Gasteiger partial charge in [0.15, 0.2) is 0 Å². The van der Waals surface area contributed by atoms with Crippen molar-refractivity contribution in [1.29, 1.82) is 5.26 Å². The first kappa shape index (κ1) is 10.4. The van der Waals surface area contributed by atoms with Gasteiger partial charge in [0.2, 0.25) is 0 Å². The van der Waals surface area contributed by atoms with Crippen LogP contribution in [0.15, 0.2) is 18.3 Å². The molecule has 0 fully saturated rings. The lowest BCUT2D eigenvalue weighted by Gasteiger charge is -2.09. The van der Waals surface area contributed by atoms with Crippen molar-refractivity contribution in [2.75, 3.05) is 12.4 Å². The Morgan fingerprint density at radius 1 is 1.44 bits per heavy atom. The number of halogens is 1. The summed E-state index contributed by atoms with van der Waals surface area (Å²) in [5.41, 5.74) is 2.31. The zero-order valence-electron chi connectivity index (χ0n) is 9.00. The fourth-order valence-electron chi connectivity index (χ4n) is 1.75. The maximum Gasteiger partial charge on any atom is 0.134 e. The van der Waals surface area contributed by atoms with Gasteiger partial charge in [-0.05, 0) is 18.6 Å². The predicted octanol–water partition coefficient (Wildman–Crippen LogP) is 2.60. The maximum absolute atomic E-state index is 13.7. The second-order valence-corrected chi connectivity index (χ2v) is 3.50. The third kappa shape index (κ3) is 1.38. The molecule has 1 aromatic carbocycles. The normalized spacial score (nSPS) is 10.1. The first-order chi connectivity index (χ1) is 7.69. The smallest absolute Gasteiger partial charge is 0.134 e. The number of aromatic nitrogens is 1. The van der Waals surface area contributed by atoms with Crippen molar-refractivity contribution in [3.05, 3.63) is 35.3 Å². The van der Waals surface area contributed by atoms with Crippen LogP contribution in [0.4, 0.5) is 10.1 Å². The number of hydrogen-bond donors (Lipinski definition) is 1. The number of nitrogens with one attached hydrogen (secondary N) is 1. The quantitative estimate of drug-likeness (QED) is 0.795. The van der Waals surface area contributed by atoms with Crippen molar-refractivity contribution in [3.63, 3.8) is 0 Å². The molecule has 1 aromatic heterocycles. The van der Waals surface area contributed by atoms with Crippen LogP contribution in [-0.4, -0.2) is 12.0 Å². The minimum Gasteiger partial charge on any atom is -0.386 e. The van der Waals surface area contributed by atoms with E-state index in [1.807, 2.05) is 13.0 Å². The van der Waals surface area contributed by atoms with Crippen molar-refractivity contribution in [2.24, 2.45) is 0 Å². The molecule has 0 atom stereocenters. The first-order valence-corrected chi connectivity index (χ1v) is 4.84. The van der Waals surface area contributed by atoms with E-state index in [4.69, 9.17) is 5.26 Å². The first-order valence-electron chi connectivity index (χ1n) is 4.84. The molecule has 0 aliphatic heterocycles. The lowest BCUT2D eigenvalue weighted by molar-refractivity contribution is 0.639. The molecule has 0 unspecified atom stereocenters. The zero-order valence-corrected chi connectivity index (χ0v) is 9.00. The molecule has 0 saturated carbocycles. The zero-order chi connectivity index (χ0) is 11.7. The molecule has 3 nitrogen and oxygen atoms in total. The summed E-state index contributed by atoms with van der Waals surface area (Å²) in [5.74, 6) is -0.366. The third-order valence-corrected chi connectivity index (χ3v) is 2.54. The fourth-order valence-corrected chi connectivity index (χ4v) is 1.75. The van der Waals surface area contributed by atoms with E-state index in [1.54, 1.807) is 13.1 Å². The van der Waals surface area contributed by atoms with Crippen LogP contribution >= 0.6 is 0 Å². The second-order valence-electron chi connectivity index (χ2n) is 3.50. The Morgan fingerprint density at radius 2 is 2.19 bits per heavy atom. The van der Waals surface area contributed by atoms with Crippen LogP contribution in [0.2, 0.25) is 0 Å². The lowest BCUT2D eigenvalue weighted by Crippen LogP contribution is -1.98. The number of nitrogens with zero attached hydrogens (tertiary/aromatic N) is 2. The summed E-state index contributed by atoms with van der Waals surface area (Å²) in [4.78, 5) is 4.12.